The molecule has 0 spiro atoms. The Hall–Kier alpha value is -1.58. The zero-order valence-electron chi connectivity index (χ0n) is 12.7. The number of hydrogen-bond donors (Lipinski definition) is 1. The lowest BCUT2D eigenvalue weighted by atomic mass is 10.1. The molecule has 0 bridgehead atoms. The average Bonchev–Trinajstić information content (AvgIpc) is 2.45. The van der Waals surface area contributed by atoms with E-state index in [9.17, 15) is 4.79 Å². The zero-order chi connectivity index (χ0) is 14.4. The zero-order valence-corrected chi connectivity index (χ0v) is 12.7. The van der Waals surface area contributed by atoms with Crippen molar-refractivity contribution in [3.05, 3.63) is 23.4 Å². The fraction of sp³-hybridized carbons (Fsp3) is 0.600. The minimum Gasteiger partial charge on any atom is -0.373 e. The Morgan fingerprint density at radius 2 is 2.11 bits per heavy atom. The van der Waals surface area contributed by atoms with Gasteiger partial charge in [0.15, 0.2) is 0 Å². The SMILES string of the molecule is CCCC(C)N(C)C(=O)c1cc(CC)nc(NC)c1. The van der Waals surface area contributed by atoms with E-state index in [1.165, 1.54) is 0 Å². The van der Waals surface area contributed by atoms with Gasteiger partial charge in [-0.15, -0.1) is 0 Å². The van der Waals surface area contributed by atoms with Gasteiger partial charge in [0.05, 0.1) is 0 Å². The lowest BCUT2D eigenvalue weighted by Gasteiger charge is -2.25. The Morgan fingerprint density at radius 3 is 2.63 bits per heavy atom. The fourth-order valence-corrected chi connectivity index (χ4v) is 2.04. The minimum absolute atomic E-state index is 0.0644. The molecule has 1 atom stereocenters. The quantitative estimate of drug-likeness (QED) is 0.858. The normalized spacial score (nSPS) is 12.1. The monoisotopic (exact) mass is 263 g/mol. The number of anilines is 1. The highest BCUT2D eigenvalue weighted by molar-refractivity contribution is 5.95. The summed E-state index contributed by atoms with van der Waals surface area (Å²) in [6.07, 6.45) is 2.92. The highest BCUT2D eigenvalue weighted by Gasteiger charge is 2.18. The molecule has 0 saturated heterocycles. The number of aryl methyl sites for hydroxylation is 1. The van der Waals surface area contributed by atoms with Crippen LogP contribution in [0.15, 0.2) is 12.1 Å². The lowest BCUT2D eigenvalue weighted by Crippen LogP contribution is -2.35. The third-order valence-corrected chi connectivity index (χ3v) is 3.43. The van der Waals surface area contributed by atoms with Gasteiger partial charge >= 0.3 is 0 Å². The van der Waals surface area contributed by atoms with Gasteiger partial charge in [0.25, 0.3) is 5.91 Å². The molecule has 0 aliphatic rings. The third kappa shape index (κ3) is 3.94. The first kappa shape index (κ1) is 15.5. The number of aromatic nitrogens is 1. The third-order valence-electron chi connectivity index (χ3n) is 3.43. The molecule has 0 radical (unpaired) electrons. The van der Waals surface area contributed by atoms with Crippen LogP contribution in [0.2, 0.25) is 0 Å². The number of hydrogen-bond acceptors (Lipinski definition) is 3. The molecular weight excluding hydrogens is 238 g/mol. The van der Waals surface area contributed by atoms with Crippen molar-refractivity contribution in [1.29, 1.82) is 0 Å². The lowest BCUT2D eigenvalue weighted by molar-refractivity contribution is 0.0736. The van der Waals surface area contributed by atoms with E-state index in [1.807, 2.05) is 38.1 Å². The number of carbonyl (C=O) groups is 1. The first-order valence-electron chi connectivity index (χ1n) is 6.99. The van der Waals surface area contributed by atoms with Crippen molar-refractivity contribution in [3.8, 4) is 0 Å². The van der Waals surface area contributed by atoms with Crippen LogP contribution in [0.4, 0.5) is 5.82 Å². The van der Waals surface area contributed by atoms with E-state index in [1.54, 1.807) is 0 Å². The molecule has 1 amide bonds. The summed E-state index contributed by atoms with van der Waals surface area (Å²) in [4.78, 5) is 18.7. The number of nitrogens with one attached hydrogen (secondary N) is 1. The topological polar surface area (TPSA) is 45.2 Å². The van der Waals surface area contributed by atoms with Crippen molar-refractivity contribution in [2.75, 3.05) is 19.4 Å². The summed E-state index contributed by atoms with van der Waals surface area (Å²) < 4.78 is 0. The molecule has 19 heavy (non-hydrogen) atoms. The van der Waals surface area contributed by atoms with Gasteiger partial charge < -0.3 is 10.2 Å². The molecule has 1 aromatic rings. The van der Waals surface area contributed by atoms with Gasteiger partial charge in [-0.2, -0.15) is 0 Å². The Balaban J connectivity index is 2.98. The number of rotatable bonds is 6. The van der Waals surface area contributed by atoms with Gasteiger partial charge in [-0.1, -0.05) is 20.3 Å². The Kier molecular flexibility index (Phi) is 5.80. The van der Waals surface area contributed by atoms with Crippen molar-refractivity contribution in [1.82, 2.24) is 9.88 Å². The molecule has 0 fully saturated rings. The molecule has 0 aliphatic heterocycles. The standard InChI is InChI=1S/C15H25N3O/c1-6-8-11(3)18(5)15(19)12-9-13(7-2)17-14(10-12)16-4/h9-11H,6-8H2,1-5H3,(H,16,17). The summed E-state index contributed by atoms with van der Waals surface area (Å²) in [5, 5.41) is 3.01. The summed E-state index contributed by atoms with van der Waals surface area (Å²) in [6.45, 7) is 6.26. The second kappa shape index (κ2) is 7.12. The van der Waals surface area contributed by atoms with Crippen LogP contribution in [0.1, 0.15) is 49.7 Å². The van der Waals surface area contributed by atoms with Gasteiger partial charge in [-0.05, 0) is 31.9 Å². The molecule has 1 aromatic heterocycles. The van der Waals surface area contributed by atoms with E-state index in [0.29, 0.717) is 5.56 Å². The number of amides is 1. The summed E-state index contributed by atoms with van der Waals surface area (Å²) >= 11 is 0. The van der Waals surface area contributed by atoms with Crippen LogP contribution in [-0.2, 0) is 6.42 Å². The molecule has 0 aromatic carbocycles. The first-order valence-corrected chi connectivity index (χ1v) is 6.99. The number of carbonyl (C=O) groups excluding carboxylic acids is 1. The first-order chi connectivity index (χ1) is 9.03. The van der Waals surface area contributed by atoms with E-state index >= 15 is 0 Å². The van der Waals surface area contributed by atoms with Crippen LogP contribution in [-0.4, -0.2) is 35.9 Å². The molecule has 1 heterocycles. The molecule has 1 rings (SSSR count). The molecule has 0 aliphatic carbocycles. The maximum absolute atomic E-state index is 12.5. The molecule has 4 heteroatoms. The van der Waals surface area contributed by atoms with E-state index in [0.717, 1.165) is 30.8 Å². The predicted molar refractivity (Wildman–Crippen MR) is 79.6 cm³/mol. The molecule has 106 valence electrons. The van der Waals surface area contributed by atoms with Crippen LogP contribution in [0.25, 0.3) is 0 Å². The van der Waals surface area contributed by atoms with Crippen LogP contribution in [0.5, 0.6) is 0 Å². The molecule has 0 saturated carbocycles. The van der Waals surface area contributed by atoms with Crippen LogP contribution in [0, 0.1) is 0 Å². The largest absolute Gasteiger partial charge is 0.373 e. The second-order valence-corrected chi connectivity index (χ2v) is 4.89. The van der Waals surface area contributed by atoms with Crippen molar-refractivity contribution < 1.29 is 4.79 Å². The molecule has 1 N–H and O–H groups in total. The summed E-state index contributed by atoms with van der Waals surface area (Å²) in [6, 6.07) is 3.96. The molecular formula is C15H25N3O. The average molecular weight is 263 g/mol. The number of nitrogens with zero attached hydrogens (tertiary/aromatic N) is 2. The van der Waals surface area contributed by atoms with E-state index < -0.39 is 0 Å². The molecule has 1 unspecified atom stereocenters. The highest BCUT2D eigenvalue weighted by Crippen LogP contribution is 2.15. The summed E-state index contributed by atoms with van der Waals surface area (Å²) in [7, 11) is 3.69. The second-order valence-electron chi connectivity index (χ2n) is 4.89. The highest BCUT2D eigenvalue weighted by atomic mass is 16.2. The van der Waals surface area contributed by atoms with Gasteiger partial charge in [-0.3, -0.25) is 4.79 Å². The summed E-state index contributed by atoms with van der Waals surface area (Å²) in [5.41, 5.74) is 1.65. The Morgan fingerprint density at radius 1 is 1.42 bits per heavy atom. The van der Waals surface area contributed by atoms with Crippen molar-refractivity contribution in [3.63, 3.8) is 0 Å². The maximum Gasteiger partial charge on any atom is 0.254 e. The van der Waals surface area contributed by atoms with Gasteiger partial charge in [0, 0.05) is 31.4 Å². The minimum atomic E-state index is 0.0644. The van der Waals surface area contributed by atoms with Crippen molar-refractivity contribution in [2.45, 2.75) is 46.1 Å². The Bertz CT molecular complexity index is 409. The van der Waals surface area contributed by atoms with E-state index in [2.05, 4.69) is 24.1 Å². The van der Waals surface area contributed by atoms with Gasteiger partial charge in [0.1, 0.15) is 5.82 Å². The van der Waals surface area contributed by atoms with Crippen LogP contribution >= 0.6 is 0 Å². The fourth-order valence-electron chi connectivity index (χ4n) is 2.04. The van der Waals surface area contributed by atoms with E-state index in [-0.39, 0.29) is 11.9 Å². The van der Waals surface area contributed by atoms with Crippen molar-refractivity contribution in [2.24, 2.45) is 0 Å². The smallest absolute Gasteiger partial charge is 0.254 e. The van der Waals surface area contributed by atoms with Crippen LogP contribution in [0.3, 0.4) is 0 Å². The van der Waals surface area contributed by atoms with E-state index in [4.69, 9.17) is 0 Å². The Labute approximate surface area is 116 Å². The van der Waals surface area contributed by atoms with Crippen LogP contribution < -0.4 is 5.32 Å². The molecule has 4 nitrogen and oxygen atoms in total. The maximum atomic E-state index is 12.5. The summed E-state index contributed by atoms with van der Waals surface area (Å²) in [5.74, 6) is 0.814. The van der Waals surface area contributed by atoms with Gasteiger partial charge in [0.2, 0.25) is 0 Å². The van der Waals surface area contributed by atoms with Crippen molar-refractivity contribution >= 4 is 11.7 Å². The predicted octanol–water partition coefficient (Wildman–Crippen LogP) is 2.95. The van der Waals surface area contributed by atoms with Gasteiger partial charge in [-0.25, -0.2) is 4.98 Å². The number of pyridine rings is 1.